The number of hydrogen-bond donors (Lipinski definition) is 2. The van der Waals surface area contributed by atoms with Gasteiger partial charge in [-0.25, -0.2) is 0 Å². The normalized spacial score (nSPS) is 10.3. The highest BCUT2D eigenvalue weighted by Gasteiger charge is 2.13. The molecule has 0 saturated carbocycles. The lowest BCUT2D eigenvalue weighted by molar-refractivity contribution is 0.102. The fraction of sp³-hybridized carbons (Fsp3) is 0. The van der Waals surface area contributed by atoms with E-state index in [0.717, 1.165) is 0 Å². The summed E-state index contributed by atoms with van der Waals surface area (Å²) in [5.41, 5.74) is 1.51. The van der Waals surface area contributed by atoms with Gasteiger partial charge in [0.1, 0.15) is 0 Å². The van der Waals surface area contributed by atoms with Crippen LogP contribution in [0.2, 0.25) is 10.0 Å². The molecule has 1 heterocycles. The molecule has 0 radical (unpaired) electrons. The Morgan fingerprint density at radius 1 is 0.800 bits per heavy atom. The molecular formula is C18H12Cl2N2O2S. The van der Waals surface area contributed by atoms with Crippen LogP contribution in [0.25, 0.3) is 0 Å². The number of anilines is 2. The highest BCUT2D eigenvalue weighted by Crippen LogP contribution is 2.26. The Bertz CT molecular complexity index is 909. The third kappa shape index (κ3) is 4.20. The average Bonchev–Trinajstić information content (AvgIpc) is 3.14. The molecule has 2 aromatic carbocycles. The van der Waals surface area contributed by atoms with Gasteiger partial charge < -0.3 is 10.6 Å². The molecule has 25 heavy (non-hydrogen) atoms. The summed E-state index contributed by atoms with van der Waals surface area (Å²) in [6.07, 6.45) is 0. The first-order chi connectivity index (χ1) is 12.0. The highest BCUT2D eigenvalue weighted by molar-refractivity contribution is 7.12. The van der Waals surface area contributed by atoms with Gasteiger partial charge in [0.15, 0.2) is 0 Å². The summed E-state index contributed by atoms with van der Waals surface area (Å²) >= 11 is 13.3. The van der Waals surface area contributed by atoms with Crippen LogP contribution >= 0.6 is 34.5 Å². The molecule has 0 bridgehead atoms. The number of halogens is 2. The van der Waals surface area contributed by atoms with E-state index in [-0.39, 0.29) is 16.8 Å². The Balaban J connectivity index is 1.67. The zero-order valence-electron chi connectivity index (χ0n) is 12.8. The predicted molar refractivity (Wildman–Crippen MR) is 103 cm³/mol. The van der Waals surface area contributed by atoms with Gasteiger partial charge in [0.25, 0.3) is 11.8 Å². The van der Waals surface area contributed by atoms with Crippen molar-refractivity contribution in [1.29, 1.82) is 0 Å². The minimum Gasteiger partial charge on any atom is -0.322 e. The van der Waals surface area contributed by atoms with E-state index in [9.17, 15) is 9.59 Å². The molecule has 0 fully saturated rings. The fourth-order valence-electron chi connectivity index (χ4n) is 2.11. The van der Waals surface area contributed by atoms with Gasteiger partial charge >= 0.3 is 0 Å². The van der Waals surface area contributed by atoms with Crippen molar-refractivity contribution in [2.24, 2.45) is 0 Å². The molecular weight excluding hydrogens is 379 g/mol. The van der Waals surface area contributed by atoms with Gasteiger partial charge in [-0.1, -0.05) is 35.3 Å². The number of hydrogen-bond acceptors (Lipinski definition) is 3. The smallest absolute Gasteiger partial charge is 0.265 e. The number of rotatable bonds is 4. The molecule has 0 aliphatic carbocycles. The average molecular weight is 391 g/mol. The quantitative estimate of drug-likeness (QED) is 0.612. The second-order valence-corrected chi connectivity index (χ2v) is 6.80. The molecule has 0 aliphatic heterocycles. The predicted octanol–water partition coefficient (Wildman–Crippen LogP) is 5.56. The van der Waals surface area contributed by atoms with Crippen molar-refractivity contribution in [1.82, 2.24) is 0 Å². The van der Waals surface area contributed by atoms with Gasteiger partial charge in [-0.05, 0) is 47.8 Å². The molecule has 2 N–H and O–H groups in total. The molecule has 2 amide bonds. The molecule has 0 saturated heterocycles. The number of carbonyl (C=O) groups is 2. The highest BCUT2D eigenvalue weighted by atomic mass is 35.5. The Labute approximate surface area is 158 Å². The van der Waals surface area contributed by atoms with Crippen LogP contribution in [0.4, 0.5) is 11.4 Å². The number of amides is 2. The van der Waals surface area contributed by atoms with E-state index in [1.165, 1.54) is 11.3 Å². The van der Waals surface area contributed by atoms with Crippen LogP contribution in [0.3, 0.4) is 0 Å². The molecule has 7 heteroatoms. The van der Waals surface area contributed by atoms with E-state index in [2.05, 4.69) is 10.6 Å². The fourth-order valence-corrected chi connectivity index (χ4v) is 3.12. The van der Waals surface area contributed by atoms with E-state index in [1.807, 2.05) is 11.4 Å². The Hall–Kier alpha value is -2.34. The topological polar surface area (TPSA) is 58.2 Å². The van der Waals surface area contributed by atoms with Crippen molar-refractivity contribution in [2.45, 2.75) is 0 Å². The zero-order chi connectivity index (χ0) is 17.8. The van der Waals surface area contributed by atoms with Gasteiger partial charge in [-0.2, -0.15) is 0 Å². The summed E-state index contributed by atoms with van der Waals surface area (Å²) < 4.78 is 0. The zero-order valence-corrected chi connectivity index (χ0v) is 15.1. The van der Waals surface area contributed by atoms with Crippen LogP contribution in [0, 0.1) is 0 Å². The number of benzene rings is 2. The first-order valence-electron chi connectivity index (χ1n) is 7.25. The first-order valence-corrected chi connectivity index (χ1v) is 8.88. The lowest BCUT2D eigenvalue weighted by Crippen LogP contribution is -2.13. The molecule has 0 atom stereocenters. The summed E-state index contributed by atoms with van der Waals surface area (Å²) in [5, 5.41) is 7.91. The molecule has 3 rings (SSSR count). The van der Waals surface area contributed by atoms with Gasteiger partial charge in [0, 0.05) is 11.4 Å². The van der Waals surface area contributed by atoms with Crippen molar-refractivity contribution in [3.8, 4) is 0 Å². The van der Waals surface area contributed by atoms with Gasteiger partial charge in [-0.3, -0.25) is 9.59 Å². The maximum atomic E-state index is 12.3. The van der Waals surface area contributed by atoms with Crippen molar-refractivity contribution in [2.75, 3.05) is 10.6 Å². The lowest BCUT2D eigenvalue weighted by atomic mass is 10.2. The van der Waals surface area contributed by atoms with Crippen LogP contribution in [0.15, 0.2) is 60.0 Å². The molecule has 4 nitrogen and oxygen atoms in total. The van der Waals surface area contributed by atoms with E-state index in [1.54, 1.807) is 48.5 Å². The number of nitrogens with one attached hydrogen (secondary N) is 2. The van der Waals surface area contributed by atoms with Gasteiger partial charge in [0.05, 0.1) is 20.5 Å². The minimum absolute atomic E-state index is 0.169. The maximum absolute atomic E-state index is 12.3. The third-order valence-electron chi connectivity index (χ3n) is 3.34. The van der Waals surface area contributed by atoms with E-state index in [4.69, 9.17) is 23.2 Å². The van der Waals surface area contributed by atoms with Crippen molar-refractivity contribution < 1.29 is 9.59 Å². The van der Waals surface area contributed by atoms with Crippen LogP contribution in [0.1, 0.15) is 20.0 Å². The second kappa shape index (κ2) is 7.70. The van der Waals surface area contributed by atoms with E-state index < -0.39 is 0 Å². The second-order valence-electron chi connectivity index (χ2n) is 5.06. The molecule has 3 aromatic rings. The lowest BCUT2D eigenvalue weighted by Gasteiger charge is -2.09. The summed E-state index contributed by atoms with van der Waals surface area (Å²) in [7, 11) is 0. The van der Waals surface area contributed by atoms with Gasteiger partial charge in [-0.15, -0.1) is 11.3 Å². The maximum Gasteiger partial charge on any atom is 0.265 e. The number of carbonyl (C=O) groups excluding carboxylic acids is 2. The molecule has 0 unspecified atom stereocenters. The third-order valence-corrected chi connectivity index (χ3v) is 5.03. The standard InChI is InChI=1S/C18H12Cl2N2O2S/c19-14-4-1-3-13(16(14)20)17(23)21-11-6-8-12(9-7-11)22-18(24)15-5-2-10-25-15/h1-10H,(H,21,23)(H,22,24). The van der Waals surface area contributed by atoms with E-state index >= 15 is 0 Å². The van der Waals surface area contributed by atoms with Crippen LogP contribution in [-0.2, 0) is 0 Å². The van der Waals surface area contributed by atoms with E-state index in [0.29, 0.717) is 26.8 Å². The van der Waals surface area contributed by atoms with Crippen molar-refractivity contribution in [3.05, 3.63) is 80.5 Å². The molecule has 0 aliphatic rings. The van der Waals surface area contributed by atoms with Gasteiger partial charge in [0.2, 0.25) is 0 Å². The minimum atomic E-state index is -0.358. The Morgan fingerprint density at radius 3 is 2.04 bits per heavy atom. The first kappa shape index (κ1) is 17.5. The van der Waals surface area contributed by atoms with Crippen LogP contribution in [-0.4, -0.2) is 11.8 Å². The summed E-state index contributed by atoms with van der Waals surface area (Å²) in [4.78, 5) is 24.9. The van der Waals surface area contributed by atoms with Crippen LogP contribution < -0.4 is 10.6 Å². The molecule has 1 aromatic heterocycles. The summed E-state index contributed by atoms with van der Waals surface area (Å²) in [6, 6.07) is 15.3. The molecule has 126 valence electrons. The summed E-state index contributed by atoms with van der Waals surface area (Å²) in [5.74, 6) is -0.527. The van der Waals surface area contributed by atoms with Crippen LogP contribution in [0.5, 0.6) is 0 Å². The Morgan fingerprint density at radius 2 is 1.44 bits per heavy atom. The largest absolute Gasteiger partial charge is 0.322 e. The SMILES string of the molecule is O=C(Nc1ccc(NC(=O)c2cccc(Cl)c2Cl)cc1)c1cccs1. The number of thiophene rings is 1. The molecule has 0 spiro atoms. The van der Waals surface area contributed by atoms with Crippen molar-refractivity contribution in [3.63, 3.8) is 0 Å². The monoisotopic (exact) mass is 390 g/mol. The Kier molecular flexibility index (Phi) is 5.38. The summed E-state index contributed by atoms with van der Waals surface area (Å²) in [6.45, 7) is 0. The van der Waals surface area contributed by atoms with Crippen molar-refractivity contribution >= 4 is 57.7 Å².